The number of carbonyl (C=O) groups excluding carboxylic acids is 1. The number of hydrogen-bond acceptors (Lipinski definition) is 5. The van der Waals surface area contributed by atoms with Crippen LogP contribution in [0.25, 0.3) is 16.8 Å². The largest absolute Gasteiger partial charge is 0.457 e. The summed E-state index contributed by atoms with van der Waals surface area (Å²) < 4.78 is 8.41. The van der Waals surface area contributed by atoms with E-state index in [4.69, 9.17) is 4.74 Å². The second kappa shape index (κ2) is 8.84. The number of carbonyl (C=O) groups is 1. The minimum atomic E-state index is -0.362. The van der Waals surface area contributed by atoms with Gasteiger partial charge in [0.2, 0.25) is 0 Å². The summed E-state index contributed by atoms with van der Waals surface area (Å²) in [7, 11) is 0. The number of aromatic nitrogens is 4. The van der Waals surface area contributed by atoms with Gasteiger partial charge in [-0.1, -0.05) is 46.3 Å². The van der Waals surface area contributed by atoms with Gasteiger partial charge in [0.25, 0.3) is 5.91 Å². The van der Waals surface area contributed by atoms with Gasteiger partial charge in [-0.25, -0.2) is 4.52 Å². The molecule has 5 rings (SSSR count). The van der Waals surface area contributed by atoms with Crippen LogP contribution in [0, 0.1) is 6.92 Å². The van der Waals surface area contributed by atoms with E-state index >= 15 is 0 Å². The van der Waals surface area contributed by atoms with Gasteiger partial charge in [0.1, 0.15) is 11.5 Å². The smallest absolute Gasteiger partial charge is 0.278 e. The van der Waals surface area contributed by atoms with Gasteiger partial charge in [0.05, 0.1) is 11.9 Å². The number of para-hydroxylation sites is 1. The summed E-state index contributed by atoms with van der Waals surface area (Å²) in [6, 6.07) is 24.5. The molecule has 0 spiro atoms. The molecule has 8 heteroatoms. The van der Waals surface area contributed by atoms with Crippen LogP contribution in [0.2, 0.25) is 0 Å². The van der Waals surface area contributed by atoms with Crippen molar-refractivity contribution in [2.75, 3.05) is 5.32 Å². The maximum absolute atomic E-state index is 12.9. The Hall–Kier alpha value is -4.04. The number of aryl methyl sites for hydroxylation is 1. The lowest BCUT2D eigenvalue weighted by atomic mass is 10.1. The molecule has 162 valence electrons. The Balaban J connectivity index is 1.35. The summed E-state index contributed by atoms with van der Waals surface area (Å²) in [6.07, 6.45) is 1.73. The van der Waals surface area contributed by atoms with Gasteiger partial charge >= 0.3 is 0 Å². The number of fused-ring (bicyclic) bond motifs is 1. The molecule has 1 N–H and O–H groups in total. The number of anilines is 1. The number of amides is 1. The Morgan fingerprint density at radius 3 is 2.33 bits per heavy atom. The Labute approximate surface area is 198 Å². The Kier molecular flexibility index (Phi) is 5.58. The highest BCUT2D eigenvalue weighted by Crippen LogP contribution is 2.26. The molecule has 0 aliphatic rings. The van der Waals surface area contributed by atoms with Gasteiger partial charge < -0.3 is 10.1 Å². The Morgan fingerprint density at radius 2 is 1.61 bits per heavy atom. The molecule has 0 radical (unpaired) electrons. The molecule has 2 heterocycles. The second-order valence-electron chi connectivity index (χ2n) is 7.33. The van der Waals surface area contributed by atoms with Crippen molar-refractivity contribution in [1.29, 1.82) is 0 Å². The summed E-state index contributed by atoms with van der Waals surface area (Å²) in [5.74, 6) is 1.06. The maximum atomic E-state index is 12.9. The van der Waals surface area contributed by atoms with Crippen molar-refractivity contribution in [3.63, 3.8) is 0 Å². The second-order valence-corrected chi connectivity index (χ2v) is 8.24. The molecule has 1 amide bonds. The summed E-state index contributed by atoms with van der Waals surface area (Å²) in [5.41, 5.74) is 3.84. The molecular formula is C25H18BrN5O2. The fourth-order valence-corrected chi connectivity index (χ4v) is 3.68. The Morgan fingerprint density at radius 1 is 0.909 bits per heavy atom. The van der Waals surface area contributed by atoms with Crippen LogP contribution in [0.1, 0.15) is 16.2 Å². The van der Waals surface area contributed by atoms with E-state index in [0.29, 0.717) is 22.8 Å². The lowest BCUT2D eigenvalue weighted by Crippen LogP contribution is -2.18. The molecule has 0 bridgehead atoms. The third-order valence-corrected chi connectivity index (χ3v) is 5.64. The number of benzene rings is 3. The fourth-order valence-electron chi connectivity index (χ4n) is 3.42. The van der Waals surface area contributed by atoms with Crippen molar-refractivity contribution >= 4 is 33.2 Å². The van der Waals surface area contributed by atoms with Crippen LogP contribution in [0.15, 0.2) is 89.5 Å². The number of nitrogens with zero attached hydrogens (tertiary/aromatic N) is 4. The molecule has 0 fully saturated rings. The van der Waals surface area contributed by atoms with Crippen LogP contribution in [0.3, 0.4) is 0 Å². The van der Waals surface area contributed by atoms with Crippen LogP contribution in [-0.2, 0) is 0 Å². The van der Waals surface area contributed by atoms with Gasteiger partial charge in [-0.2, -0.15) is 5.10 Å². The van der Waals surface area contributed by atoms with Gasteiger partial charge in [0, 0.05) is 15.7 Å². The van der Waals surface area contributed by atoms with E-state index in [9.17, 15) is 4.79 Å². The standard InChI is InChI=1S/C25H18BrN5O2/c1-16-23(29-30-24-22(15-27-31(16)24)17-7-9-18(26)10-8-17)25(32)28-19-11-13-21(14-12-19)33-20-5-3-2-4-6-20/h2-15H,1H3,(H,28,32). The highest BCUT2D eigenvalue weighted by molar-refractivity contribution is 9.10. The number of hydrogen-bond donors (Lipinski definition) is 1. The first-order valence-corrected chi connectivity index (χ1v) is 11.0. The third kappa shape index (κ3) is 4.33. The van der Waals surface area contributed by atoms with Gasteiger partial charge in [-0.3, -0.25) is 4.79 Å². The fraction of sp³-hybridized carbons (Fsp3) is 0.0400. The zero-order chi connectivity index (χ0) is 22.8. The molecule has 0 atom stereocenters. The Bertz CT molecular complexity index is 1430. The van der Waals surface area contributed by atoms with Gasteiger partial charge in [-0.15, -0.1) is 10.2 Å². The predicted molar refractivity (Wildman–Crippen MR) is 130 cm³/mol. The van der Waals surface area contributed by atoms with E-state index in [2.05, 4.69) is 36.5 Å². The van der Waals surface area contributed by atoms with Crippen LogP contribution in [0.4, 0.5) is 5.69 Å². The predicted octanol–water partition coefficient (Wildman–Crippen LogP) is 5.91. The molecule has 7 nitrogen and oxygen atoms in total. The minimum absolute atomic E-state index is 0.206. The number of ether oxygens (including phenoxy) is 1. The summed E-state index contributed by atoms with van der Waals surface area (Å²) >= 11 is 3.44. The normalized spacial score (nSPS) is 10.8. The highest BCUT2D eigenvalue weighted by Gasteiger charge is 2.18. The van der Waals surface area contributed by atoms with Crippen molar-refractivity contribution < 1.29 is 9.53 Å². The van der Waals surface area contributed by atoms with Crippen LogP contribution in [0.5, 0.6) is 11.5 Å². The topological polar surface area (TPSA) is 81.4 Å². The summed E-state index contributed by atoms with van der Waals surface area (Å²) in [6.45, 7) is 1.80. The quantitative estimate of drug-likeness (QED) is 0.325. The lowest BCUT2D eigenvalue weighted by Gasteiger charge is -2.09. The van der Waals surface area contributed by atoms with Crippen molar-refractivity contribution in [2.45, 2.75) is 6.92 Å². The number of nitrogens with one attached hydrogen (secondary N) is 1. The molecule has 3 aromatic carbocycles. The van der Waals surface area contributed by atoms with E-state index in [1.807, 2.05) is 54.6 Å². The molecule has 0 aliphatic carbocycles. The average molecular weight is 500 g/mol. The molecule has 5 aromatic rings. The van der Waals surface area contributed by atoms with Crippen molar-refractivity contribution in [1.82, 2.24) is 19.8 Å². The molecular weight excluding hydrogens is 482 g/mol. The minimum Gasteiger partial charge on any atom is -0.457 e. The van der Waals surface area contributed by atoms with Gasteiger partial charge in [-0.05, 0) is 61.0 Å². The highest BCUT2D eigenvalue weighted by atomic mass is 79.9. The first-order chi connectivity index (χ1) is 16.1. The third-order valence-electron chi connectivity index (χ3n) is 5.11. The molecule has 0 aliphatic heterocycles. The molecule has 33 heavy (non-hydrogen) atoms. The van der Waals surface area contributed by atoms with E-state index in [1.54, 1.807) is 41.9 Å². The average Bonchev–Trinajstić information content (AvgIpc) is 3.27. The summed E-state index contributed by atoms with van der Waals surface area (Å²) in [5, 5.41) is 15.8. The number of rotatable bonds is 5. The molecule has 0 unspecified atom stereocenters. The van der Waals surface area contributed by atoms with E-state index in [0.717, 1.165) is 21.3 Å². The first-order valence-electron chi connectivity index (χ1n) is 10.2. The van der Waals surface area contributed by atoms with Crippen LogP contribution in [-0.4, -0.2) is 25.7 Å². The van der Waals surface area contributed by atoms with Crippen molar-refractivity contribution in [3.8, 4) is 22.6 Å². The monoisotopic (exact) mass is 499 g/mol. The SMILES string of the molecule is Cc1c(C(=O)Nc2ccc(Oc3ccccc3)cc2)nnc2c(-c3ccc(Br)cc3)cnn12. The first kappa shape index (κ1) is 20.8. The molecule has 2 aromatic heterocycles. The molecule has 0 saturated heterocycles. The zero-order valence-corrected chi connectivity index (χ0v) is 19.2. The van der Waals surface area contributed by atoms with Crippen LogP contribution < -0.4 is 10.1 Å². The number of halogens is 1. The van der Waals surface area contributed by atoms with E-state index in [1.165, 1.54) is 0 Å². The maximum Gasteiger partial charge on any atom is 0.278 e. The van der Waals surface area contributed by atoms with E-state index in [-0.39, 0.29) is 11.6 Å². The van der Waals surface area contributed by atoms with Crippen molar-refractivity contribution in [3.05, 3.63) is 101 Å². The molecule has 0 saturated carbocycles. The van der Waals surface area contributed by atoms with Crippen molar-refractivity contribution in [2.24, 2.45) is 0 Å². The summed E-state index contributed by atoms with van der Waals surface area (Å²) in [4.78, 5) is 12.9. The van der Waals surface area contributed by atoms with E-state index < -0.39 is 0 Å². The zero-order valence-electron chi connectivity index (χ0n) is 17.6. The van der Waals surface area contributed by atoms with Gasteiger partial charge in [0.15, 0.2) is 11.3 Å². The van der Waals surface area contributed by atoms with Crippen LogP contribution >= 0.6 is 15.9 Å². The lowest BCUT2D eigenvalue weighted by molar-refractivity contribution is 0.102.